The predicted octanol–water partition coefficient (Wildman–Crippen LogP) is 4.26. The second-order valence-electron chi connectivity index (χ2n) is 7.00. The van der Waals surface area contributed by atoms with Gasteiger partial charge >= 0.3 is 6.09 Å². The fourth-order valence-electron chi connectivity index (χ4n) is 2.70. The van der Waals surface area contributed by atoms with E-state index in [1.165, 1.54) is 0 Å². The molecule has 0 radical (unpaired) electrons. The van der Waals surface area contributed by atoms with Crippen LogP contribution >= 0.6 is 15.9 Å². The molecular weight excluding hydrogens is 372 g/mol. The van der Waals surface area contributed by atoms with Crippen LogP contribution in [-0.4, -0.2) is 46.9 Å². The molecule has 1 aromatic heterocycles. The van der Waals surface area contributed by atoms with Crippen LogP contribution < -0.4 is 0 Å². The van der Waals surface area contributed by atoms with Crippen LogP contribution in [-0.2, 0) is 4.74 Å². The van der Waals surface area contributed by atoms with Crippen LogP contribution in [0.5, 0.6) is 0 Å². The van der Waals surface area contributed by atoms with Gasteiger partial charge in [0.15, 0.2) is 0 Å². The van der Waals surface area contributed by atoms with E-state index in [0.717, 1.165) is 20.9 Å². The molecule has 1 aromatic carbocycles. The van der Waals surface area contributed by atoms with Gasteiger partial charge in [-0.1, -0.05) is 15.9 Å². The van der Waals surface area contributed by atoms with Crippen LogP contribution in [0.3, 0.4) is 0 Å². The Kier molecular flexibility index (Phi) is 5.93. The molecule has 24 heavy (non-hydrogen) atoms. The summed E-state index contributed by atoms with van der Waals surface area (Å²) in [7, 11) is 1.73. The zero-order valence-corrected chi connectivity index (χ0v) is 16.2. The van der Waals surface area contributed by atoms with Crippen molar-refractivity contribution in [1.82, 2.24) is 9.88 Å². The Bertz CT molecular complexity index is 706. The summed E-state index contributed by atoms with van der Waals surface area (Å²) >= 11 is 3.50. The molecule has 0 saturated carbocycles. The molecular formula is C18H25BrN2O3. The second-order valence-corrected chi connectivity index (χ2v) is 7.92. The Balaban J connectivity index is 2.22. The Morgan fingerprint density at radius 1 is 1.42 bits per heavy atom. The Hall–Kier alpha value is -1.53. The number of nitrogens with zero attached hydrogens (tertiary/aromatic N) is 1. The first-order valence-corrected chi connectivity index (χ1v) is 8.82. The van der Waals surface area contributed by atoms with Crippen LogP contribution in [0.15, 0.2) is 28.9 Å². The number of likely N-dealkylation sites (N-methyl/N-ethyl adjacent to an activating group) is 1. The molecule has 0 bridgehead atoms. The molecule has 0 fully saturated rings. The van der Waals surface area contributed by atoms with Gasteiger partial charge in [-0.25, -0.2) is 4.79 Å². The van der Waals surface area contributed by atoms with Crippen molar-refractivity contribution in [2.75, 3.05) is 20.2 Å². The molecule has 132 valence electrons. The van der Waals surface area contributed by atoms with Gasteiger partial charge in [0.1, 0.15) is 5.60 Å². The summed E-state index contributed by atoms with van der Waals surface area (Å²) in [5.41, 5.74) is 1.61. The van der Waals surface area contributed by atoms with E-state index in [9.17, 15) is 9.90 Å². The van der Waals surface area contributed by atoms with Crippen LogP contribution in [0.4, 0.5) is 4.79 Å². The summed E-state index contributed by atoms with van der Waals surface area (Å²) in [6.45, 7) is 6.09. The van der Waals surface area contributed by atoms with Crippen LogP contribution in [0, 0.1) is 0 Å². The first-order chi connectivity index (χ1) is 11.2. The topological polar surface area (TPSA) is 65.6 Å². The van der Waals surface area contributed by atoms with Crippen molar-refractivity contribution in [3.8, 4) is 0 Å². The normalized spacial score (nSPS) is 13.1. The zero-order chi connectivity index (χ0) is 17.9. The van der Waals surface area contributed by atoms with E-state index < -0.39 is 5.60 Å². The third-order valence-corrected chi connectivity index (χ3v) is 4.29. The molecule has 5 nitrogen and oxygen atoms in total. The predicted molar refractivity (Wildman–Crippen MR) is 99.3 cm³/mol. The number of aromatic amines is 1. The Morgan fingerprint density at radius 3 is 2.75 bits per heavy atom. The number of ether oxygens (including phenoxy) is 1. The van der Waals surface area contributed by atoms with Gasteiger partial charge in [0.05, 0.1) is 0 Å². The zero-order valence-electron chi connectivity index (χ0n) is 14.6. The van der Waals surface area contributed by atoms with E-state index in [1.54, 1.807) is 11.9 Å². The molecule has 0 saturated heterocycles. The van der Waals surface area contributed by atoms with E-state index in [2.05, 4.69) is 27.0 Å². The van der Waals surface area contributed by atoms with Gasteiger partial charge in [0.25, 0.3) is 0 Å². The minimum Gasteiger partial charge on any atom is -0.444 e. The van der Waals surface area contributed by atoms with Crippen molar-refractivity contribution in [3.63, 3.8) is 0 Å². The van der Waals surface area contributed by atoms with Crippen molar-refractivity contribution in [1.29, 1.82) is 0 Å². The first kappa shape index (κ1) is 18.8. The number of aromatic nitrogens is 1. The first-order valence-electron chi connectivity index (χ1n) is 8.03. The standard InChI is InChI=1S/C18H25BrN2O3/c1-18(2,3)24-17(23)21(4)11-12(7-8-22)15-10-20-16-6-5-13(19)9-14(15)16/h5-6,9-10,12,20,22H,7-8,11H2,1-4H3/t12-/m1/s1. The number of fused-ring (bicyclic) bond motifs is 1. The average Bonchev–Trinajstić information content (AvgIpc) is 2.87. The summed E-state index contributed by atoms with van der Waals surface area (Å²) in [6.07, 6.45) is 2.18. The van der Waals surface area contributed by atoms with E-state index in [0.29, 0.717) is 13.0 Å². The number of hydrogen-bond donors (Lipinski definition) is 2. The molecule has 1 atom stereocenters. The van der Waals surface area contributed by atoms with Gasteiger partial charge in [-0.05, 0) is 51.0 Å². The largest absolute Gasteiger partial charge is 0.444 e. The number of carbonyl (C=O) groups is 1. The maximum Gasteiger partial charge on any atom is 0.410 e. The van der Waals surface area contributed by atoms with Gasteiger partial charge in [-0.2, -0.15) is 0 Å². The lowest BCUT2D eigenvalue weighted by Gasteiger charge is -2.27. The van der Waals surface area contributed by atoms with Crippen LogP contribution in [0.2, 0.25) is 0 Å². The molecule has 6 heteroatoms. The van der Waals surface area contributed by atoms with Crippen molar-refractivity contribution in [3.05, 3.63) is 34.4 Å². The number of H-pyrrole nitrogens is 1. The number of halogens is 1. The smallest absolute Gasteiger partial charge is 0.410 e. The third-order valence-electron chi connectivity index (χ3n) is 3.79. The monoisotopic (exact) mass is 396 g/mol. The highest BCUT2D eigenvalue weighted by molar-refractivity contribution is 9.10. The summed E-state index contributed by atoms with van der Waals surface area (Å²) in [5.74, 6) is 0.0237. The molecule has 0 unspecified atom stereocenters. The molecule has 0 aliphatic rings. The lowest BCUT2D eigenvalue weighted by molar-refractivity contribution is 0.0284. The average molecular weight is 397 g/mol. The number of aliphatic hydroxyl groups excluding tert-OH is 1. The highest BCUT2D eigenvalue weighted by Crippen LogP contribution is 2.30. The van der Waals surface area contributed by atoms with E-state index in [-0.39, 0.29) is 18.6 Å². The summed E-state index contributed by atoms with van der Waals surface area (Å²) in [6, 6.07) is 6.05. The lowest BCUT2D eigenvalue weighted by atomic mass is 9.95. The molecule has 1 amide bonds. The van der Waals surface area contributed by atoms with Gasteiger partial charge in [0.2, 0.25) is 0 Å². The number of hydrogen-bond acceptors (Lipinski definition) is 3. The highest BCUT2D eigenvalue weighted by atomic mass is 79.9. The van der Waals surface area contributed by atoms with Gasteiger partial charge in [0, 0.05) is 47.7 Å². The van der Waals surface area contributed by atoms with E-state index in [1.807, 2.05) is 39.1 Å². The maximum absolute atomic E-state index is 12.2. The highest BCUT2D eigenvalue weighted by Gasteiger charge is 2.24. The second kappa shape index (κ2) is 7.57. The van der Waals surface area contributed by atoms with Crippen LogP contribution in [0.1, 0.15) is 38.7 Å². The quantitative estimate of drug-likeness (QED) is 0.792. The molecule has 1 heterocycles. The van der Waals surface area contributed by atoms with Gasteiger partial charge in [-0.15, -0.1) is 0 Å². The number of rotatable bonds is 5. The van der Waals surface area contributed by atoms with Crippen molar-refractivity contribution < 1.29 is 14.6 Å². The van der Waals surface area contributed by atoms with Gasteiger partial charge < -0.3 is 19.7 Å². The van der Waals surface area contributed by atoms with Gasteiger partial charge in [-0.3, -0.25) is 0 Å². The molecule has 2 rings (SSSR count). The minimum atomic E-state index is -0.524. The lowest BCUT2D eigenvalue weighted by Crippen LogP contribution is -2.36. The number of benzene rings is 1. The maximum atomic E-state index is 12.2. The number of aliphatic hydroxyl groups is 1. The fourth-order valence-corrected chi connectivity index (χ4v) is 3.06. The summed E-state index contributed by atoms with van der Waals surface area (Å²) < 4.78 is 6.41. The molecule has 0 aliphatic heterocycles. The number of nitrogens with one attached hydrogen (secondary N) is 1. The number of amides is 1. The minimum absolute atomic E-state index is 0.0237. The van der Waals surface area contributed by atoms with E-state index >= 15 is 0 Å². The fraction of sp³-hybridized carbons (Fsp3) is 0.500. The number of carbonyl (C=O) groups excluding carboxylic acids is 1. The molecule has 0 aliphatic carbocycles. The molecule has 0 spiro atoms. The van der Waals surface area contributed by atoms with Crippen molar-refractivity contribution in [2.45, 2.75) is 38.7 Å². The van der Waals surface area contributed by atoms with E-state index in [4.69, 9.17) is 4.74 Å². The van der Waals surface area contributed by atoms with Crippen molar-refractivity contribution in [2.24, 2.45) is 0 Å². The summed E-state index contributed by atoms with van der Waals surface area (Å²) in [4.78, 5) is 17.0. The Labute approximate surface area is 151 Å². The van der Waals surface area contributed by atoms with Crippen molar-refractivity contribution >= 4 is 32.9 Å². The molecule has 2 N–H and O–H groups in total. The van der Waals surface area contributed by atoms with Crippen LogP contribution in [0.25, 0.3) is 10.9 Å². The SMILES string of the molecule is CN(C[C@@H](CCO)c1c[nH]c2ccc(Br)cc12)C(=O)OC(C)(C)C. The Morgan fingerprint density at radius 2 is 2.12 bits per heavy atom. The third kappa shape index (κ3) is 4.74. The summed E-state index contributed by atoms with van der Waals surface area (Å²) in [5, 5.41) is 10.5. The molecule has 2 aromatic rings.